The maximum atomic E-state index is 5.58. The van der Waals surface area contributed by atoms with Crippen LogP contribution in [0.2, 0.25) is 0 Å². The maximum Gasteiger partial charge on any atom is 0.221 e. The summed E-state index contributed by atoms with van der Waals surface area (Å²) in [6, 6.07) is 5.76. The summed E-state index contributed by atoms with van der Waals surface area (Å²) >= 11 is 0. The average molecular weight is 274 g/mol. The van der Waals surface area contributed by atoms with Gasteiger partial charge in [0.2, 0.25) is 5.95 Å². The monoisotopic (exact) mass is 274 g/mol. The van der Waals surface area contributed by atoms with Crippen molar-refractivity contribution in [1.29, 1.82) is 0 Å². The Balaban J connectivity index is 2.12. The van der Waals surface area contributed by atoms with E-state index in [2.05, 4.69) is 15.3 Å². The van der Waals surface area contributed by atoms with Gasteiger partial charge in [-0.25, -0.2) is 4.98 Å². The van der Waals surface area contributed by atoms with Gasteiger partial charge in [0.05, 0.1) is 14.2 Å². The zero-order valence-electron chi connectivity index (χ0n) is 11.8. The molecule has 0 bridgehead atoms. The summed E-state index contributed by atoms with van der Waals surface area (Å²) < 4.78 is 10.5. The fourth-order valence-corrected chi connectivity index (χ4v) is 1.81. The molecule has 0 radical (unpaired) electrons. The van der Waals surface area contributed by atoms with Crippen molar-refractivity contribution >= 4 is 11.8 Å². The molecular formula is C14H18N4O2. The Morgan fingerprint density at radius 1 is 1.20 bits per heavy atom. The Labute approximate surface area is 118 Å². The van der Waals surface area contributed by atoms with Gasteiger partial charge in [-0.2, -0.15) is 4.98 Å². The number of aryl methyl sites for hydroxylation is 1. The van der Waals surface area contributed by atoms with Crippen LogP contribution in [-0.2, 0) is 6.54 Å². The molecule has 6 nitrogen and oxygen atoms in total. The number of nitrogens with one attached hydrogen (secondary N) is 1. The molecule has 0 atom stereocenters. The van der Waals surface area contributed by atoms with E-state index in [9.17, 15) is 0 Å². The number of nitrogen functional groups attached to an aromatic ring is 1. The van der Waals surface area contributed by atoms with Gasteiger partial charge in [0.25, 0.3) is 0 Å². The third-order valence-corrected chi connectivity index (χ3v) is 2.90. The highest BCUT2D eigenvalue weighted by atomic mass is 16.5. The summed E-state index contributed by atoms with van der Waals surface area (Å²) in [7, 11) is 3.23. The minimum Gasteiger partial charge on any atom is -0.493 e. The van der Waals surface area contributed by atoms with Crippen LogP contribution in [-0.4, -0.2) is 24.2 Å². The van der Waals surface area contributed by atoms with E-state index in [0.717, 1.165) is 16.9 Å². The van der Waals surface area contributed by atoms with Crippen molar-refractivity contribution in [2.24, 2.45) is 0 Å². The summed E-state index contributed by atoms with van der Waals surface area (Å²) in [4.78, 5) is 8.10. The van der Waals surface area contributed by atoms with Crippen LogP contribution in [0.3, 0.4) is 0 Å². The summed E-state index contributed by atoms with van der Waals surface area (Å²) in [5.41, 5.74) is 7.58. The highest BCUT2D eigenvalue weighted by Gasteiger charge is 2.06. The van der Waals surface area contributed by atoms with Crippen LogP contribution >= 0.6 is 0 Å². The smallest absolute Gasteiger partial charge is 0.221 e. The highest BCUT2D eigenvalue weighted by Crippen LogP contribution is 2.27. The predicted octanol–water partition coefficient (Wildman–Crippen LogP) is 2.00. The normalized spacial score (nSPS) is 10.2. The Bertz CT molecular complexity index is 602. The molecule has 2 rings (SSSR count). The zero-order valence-corrected chi connectivity index (χ0v) is 11.8. The van der Waals surface area contributed by atoms with E-state index in [1.807, 2.05) is 25.1 Å². The number of ether oxygens (including phenoxy) is 2. The molecule has 2 aromatic rings. The van der Waals surface area contributed by atoms with Crippen molar-refractivity contribution < 1.29 is 9.47 Å². The number of nitrogens with zero attached hydrogens (tertiary/aromatic N) is 2. The van der Waals surface area contributed by atoms with E-state index in [1.54, 1.807) is 20.4 Å². The van der Waals surface area contributed by atoms with Crippen molar-refractivity contribution in [2.45, 2.75) is 13.5 Å². The van der Waals surface area contributed by atoms with Gasteiger partial charge >= 0.3 is 0 Å². The average Bonchev–Trinajstić information content (AvgIpc) is 2.47. The minimum atomic E-state index is 0.255. The molecule has 0 amide bonds. The second-order valence-electron chi connectivity index (χ2n) is 4.30. The van der Waals surface area contributed by atoms with Crippen molar-refractivity contribution in [3.63, 3.8) is 0 Å². The third-order valence-electron chi connectivity index (χ3n) is 2.90. The first-order valence-corrected chi connectivity index (χ1v) is 6.18. The van der Waals surface area contributed by atoms with E-state index in [-0.39, 0.29) is 5.95 Å². The van der Waals surface area contributed by atoms with Crippen molar-refractivity contribution in [3.8, 4) is 11.5 Å². The first kappa shape index (κ1) is 13.9. The van der Waals surface area contributed by atoms with E-state index < -0.39 is 0 Å². The standard InChI is InChI=1S/C14H18N4O2/c1-9-7-17-14(15)18-13(9)16-8-10-4-5-11(19-2)12(6-10)20-3/h4-7H,8H2,1-3H3,(H3,15,16,17,18). The molecule has 0 spiro atoms. The van der Waals surface area contributed by atoms with Crippen LogP contribution in [0.1, 0.15) is 11.1 Å². The molecule has 0 aliphatic carbocycles. The largest absolute Gasteiger partial charge is 0.493 e. The van der Waals surface area contributed by atoms with Crippen LogP contribution in [0, 0.1) is 6.92 Å². The summed E-state index contributed by atoms with van der Waals surface area (Å²) in [5.74, 6) is 2.39. The minimum absolute atomic E-state index is 0.255. The molecular weight excluding hydrogens is 256 g/mol. The first-order valence-electron chi connectivity index (χ1n) is 6.18. The molecule has 6 heteroatoms. The molecule has 1 heterocycles. The van der Waals surface area contributed by atoms with Crippen LogP contribution < -0.4 is 20.5 Å². The van der Waals surface area contributed by atoms with Gasteiger partial charge in [0.1, 0.15) is 5.82 Å². The second-order valence-corrected chi connectivity index (χ2v) is 4.30. The topological polar surface area (TPSA) is 82.3 Å². The third kappa shape index (κ3) is 3.09. The van der Waals surface area contributed by atoms with Gasteiger partial charge in [-0.1, -0.05) is 6.07 Å². The molecule has 1 aromatic carbocycles. The molecule has 1 aromatic heterocycles. The lowest BCUT2D eigenvalue weighted by atomic mass is 10.2. The molecule has 3 N–H and O–H groups in total. The van der Waals surface area contributed by atoms with Gasteiger partial charge in [-0.05, 0) is 24.6 Å². The molecule has 0 fully saturated rings. The lowest BCUT2D eigenvalue weighted by Crippen LogP contribution is -2.06. The molecule has 106 valence electrons. The Hall–Kier alpha value is -2.50. The molecule has 0 unspecified atom stereocenters. The SMILES string of the molecule is COc1ccc(CNc2nc(N)ncc2C)cc1OC. The number of hydrogen-bond donors (Lipinski definition) is 2. The number of anilines is 2. The van der Waals surface area contributed by atoms with Crippen LogP contribution in [0.5, 0.6) is 11.5 Å². The fourth-order valence-electron chi connectivity index (χ4n) is 1.81. The Morgan fingerprint density at radius 2 is 1.95 bits per heavy atom. The summed E-state index contributed by atoms with van der Waals surface area (Å²) in [6.45, 7) is 2.54. The lowest BCUT2D eigenvalue weighted by Gasteiger charge is -2.11. The molecule has 0 saturated carbocycles. The van der Waals surface area contributed by atoms with Crippen molar-refractivity contribution in [3.05, 3.63) is 35.5 Å². The predicted molar refractivity (Wildman–Crippen MR) is 78.1 cm³/mol. The van der Waals surface area contributed by atoms with Crippen LogP contribution in [0.15, 0.2) is 24.4 Å². The van der Waals surface area contributed by atoms with Gasteiger partial charge in [0.15, 0.2) is 11.5 Å². The Kier molecular flexibility index (Phi) is 4.24. The van der Waals surface area contributed by atoms with Crippen molar-refractivity contribution in [1.82, 2.24) is 9.97 Å². The van der Waals surface area contributed by atoms with Gasteiger partial charge in [-0.15, -0.1) is 0 Å². The number of methoxy groups -OCH3 is 2. The molecule has 0 aliphatic heterocycles. The molecule has 20 heavy (non-hydrogen) atoms. The van der Waals surface area contributed by atoms with E-state index in [1.165, 1.54) is 0 Å². The summed E-state index contributed by atoms with van der Waals surface area (Å²) in [6.07, 6.45) is 1.69. The first-order chi connectivity index (χ1) is 9.63. The highest BCUT2D eigenvalue weighted by molar-refractivity contribution is 5.47. The second kappa shape index (κ2) is 6.10. The lowest BCUT2D eigenvalue weighted by molar-refractivity contribution is 0.354. The molecule has 0 aliphatic rings. The number of rotatable bonds is 5. The van der Waals surface area contributed by atoms with E-state index in [4.69, 9.17) is 15.2 Å². The van der Waals surface area contributed by atoms with Gasteiger partial charge in [0, 0.05) is 18.3 Å². The van der Waals surface area contributed by atoms with Crippen molar-refractivity contribution in [2.75, 3.05) is 25.3 Å². The van der Waals surface area contributed by atoms with Crippen LogP contribution in [0.4, 0.5) is 11.8 Å². The fraction of sp³-hybridized carbons (Fsp3) is 0.286. The summed E-state index contributed by atoms with van der Waals surface area (Å²) in [5, 5.41) is 3.23. The van der Waals surface area contributed by atoms with Gasteiger partial charge in [-0.3, -0.25) is 0 Å². The quantitative estimate of drug-likeness (QED) is 0.867. The van der Waals surface area contributed by atoms with Crippen LogP contribution in [0.25, 0.3) is 0 Å². The number of hydrogen-bond acceptors (Lipinski definition) is 6. The molecule has 0 saturated heterocycles. The van der Waals surface area contributed by atoms with E-state index >= 15 is 0 Å². The number of aromatic nitrogens is 2. The number of benzene rings is 1. The maximum absolute atomic E-state index is 5.58. The number of nitrogens with two attached hydrogens (primary N) is 1. The van der Waals surface area contributed by atoms with E-state index in [0.29, 0.717) is 18.0 Å². The van der Waals surface area contributed by atoms with Gasteiger partial charge < -0.3 is 20.5 Å². The Morgan fingerprint density at radius 3 is 2.65 bits per heavy atom. The zero-order chi connectivity index (χ0) is 14.5.